The van der Waals surface area contributed by atoms with Gasteiger partial charge in [0.25, 0.3) is 0 Å². The van der Waals surface area contributed by atoms with Crippen molar-refractivity contribution in [3.05, 3.63) is 35.6 Å². The highest BCUT2D eigenvalue weighted by Gasteiger charge is 2.13. The molecule has 0 aliphatic heterocycles. The van der Waals surface area contributed by atoms with Crippen LogP contribution >= 0.6 is 0 Å². The summed E-state index contributed by atoms with van der Waals surface area (Å²) >= 11 is 0. The van der Waals surface area contributed by atoms with Crippen molar-refractivity contribution in [2.75, 3.05) is 13.1 Å². The number of hydrogen-bond acceptors (Lipinski definition) is 2. The van der Waals surface area contributed by atoms with E-state index < -0.39 is 0 Å². The molecule has 0 aliphatic rings. The molecule has 1 aromatic rings. The van der Waals surface area contributed by atoms with Gasteiger partial charge in [0.15, 0.2) is 0 Å². The fourth-order valence-corrected chi connectivity index (χ4v) is 2.26. The highest BCUT2D eigenvalue weighted by atomic mass is 19.1. The summed E-state index contributed by atoms with van der Waals surface area (Å²) in [5.41, 5.74) is 6.71. The van der Waals surface area contributed by atoms with E-state index in [1.165, 1.54) is 12.1 Å². The first-order chi connectivity index (χ1) is 9.51. The average Bonchev–Trinajstić information content (AvgIpc) is 2.39. The van der Waals surface area contributed by atoms with Crippen LogP contribution in [0.2, 0.25) is 0 Å². The van der Waals surface area contributed by atoms with Crippen LogP contribution in [0.15, 0.2) is 24.3 Å². The smallest absolute Gasteiger partial charge is 0.220 e. The lowest BCUT2D eigenvalue weighted by Gasteiger charge is -2.16. The molecule has 1 atom stereocenters. The number of amides is 1. The molecule has 0 aliphatic carbocycles. The Bertz CT molecular complexity index is 403. The van der Waals surface area contributed by atoms with E-state index >= 15 is 0 Å². The molecular formula is C16H25FN2O. The minimum absolute atomic E-state index is 0.0446. The quantitative estimate of drug-likeness (QED) is 0.768. The first-order valence-corrected chi connectivity index (χ1v) is 7.22. The Labute approximate surface area is 120 Å². The lowest BCUT2D eigenvalue weighted by Crippen LogP contribution is -2.30. The minimum Gasteiger partial charge on any atom is -0.356 e. The van der Waals surface area contributed by atoms with Crippen molar-refractivity contribution in [3.63, 3.8) is 0 Å². The second-order valence-corrected chi connectivity index (χ2v) is 5.66. The zero-order valence-corrected chi connectivity index (χ0v) is 12.4. The molecule has 3 N–H and O–H groups in total. The number of halogens is 1. The van der Waals surface area contributed by atoms with E-state index in [9.17, 15) is 9.18 Å². The summed E-state index contributed by atoms with van der Waals surface area (Å²) in [5, 5.41) is 2.90. The van der Waals surface area contributed by atoms with Crippen molar-refractivity contribution in [2.45, 2.75) is 33.1 Å². The van der Waals surface area contributed by atoms with Gasteiger partial charge in [-0.05, 0) is 48.9 Å². The highest BCUT2D eigenvalue weighted by Crippen LogP contribution is 2.13. The van der Waals surface area contributed by atoms with Gasteiger partial charge in [0.05, 0.1) is 0 Å². The topological polar surface area (TPSA) is 55.1 Å². The van der Waals surface area contributed by atoms with E-state index in [2.05, 4.69) is 19.2 Å². The molecule has 0 fully saturated rings. The number of carbonyl (C=O) groups excluding carboxylic acids is 1. The maximum Gasteiger partial charge on any atom is 0.220 e. The Morgan fingerprint density at radius 2 is 1.95 bits per heavy atom. The molecule has 1 amide bonds. The standard InChI is InChI=1S/C16H25FN2O/c1-12(2)9-14(11-18)10-16(20)19-8-7-13-3-5-15(17)6-4-13/h3-6,12,14H,7-11,18H2,1-2H3,(H,19,20)/t14-/m0/s1. The van der Waals surface area contributed by atoms with E-state index in [0.29, 0.717) is 31.8 Å². The maximum atomic E-state index is 12.7. The molecule has 0 saturated heterocycles. The number of hydrogen-bond donors (Lipinski definition) is 2. The van der Waals surface area contributed by atoms with Gasteiger partial charge in [-0.3, -0.25) is 4.79 Å². The number of benzene rings is 1. The van der Waals surface area contributed by atoms with Gasteiger partial charge < -0.3 is 11.1 Å². The second-order valence-electron chi connectivity index (χ2n) is 5.66. The number of rotatable bonds is 8. The minimum atomic E-state index is -0.239. The molecule has 0 spiro atoms. The summed E-state index contributed by atoms with van der Waals surface area (Å²) in [6.07, 6.45) is 2.17. The third-order valence-corrected chi connectivity index (χ3v) is 3.26. The summed E-state index contributed by atoms with van der Waals surface area (Å²) < 4.78 is 12.7. The van der Waals surface area contributed by atoms with Crippen LogP contribution in [0.5, 0.6) is 0 Å². The van der Waals surface area contributed by atoms with Gasteiger partial charge in [0.2, 0.25) is 5.91 Å². The lowest BCUT2D eigenvalue weighted by molar-refractivity contribution is -0.122. The van der Waals surface area contributed by atoms with Crippen LogP contribution in [0.4, 0.5) is 4.39 Å². The van der Waals surface area contributed by atoms with Crippen LogP contribution in [0, 0.1) is 17.7 Å². The molecule has 0 radical (unpaired) electrons. The largest absolute Gasteiger partial charge is 0.356 e. The van der Waals surface area contributed by atoms with Crippen molar-refractivity contribution in [2.24, 2.45) is 17.6 Å². The normalized spacial score (nSPS) is 12.4. The Morgan fingerprint density at radius 1 is 1.30 bits per heavy atom. The van der Waals surface area contributed by atoms with Gasteiger partial charge in [-0.15, -0.1) is 0 Å². The summed E-state index contributed by atoms with van der Waals surface area (Å²) in [6, 6.07) is 6.35. The second kappa shape index (κ2) is 8.69. The number of nitrogens with two attached hydrogens (primary N) is 1. The van der Waals surface area contributed by atoms with Crippen LogP contribution in [0.3, 0.4) is 0 Å². The zero-order chi connectivity index (χ0) is 15.0. The first kappa shape index (κ1) is 16.6. The summed E-state index contributed by atoms with van der Waals surface area (Å²) in [7, 11) is 0. The van der Waals surface area contributed by atoms with Crippen molar-refractivity contribution in [3.8, 4) is 0 Å². The molecule has 0 heterocycles. The molecule has 0 unspecified atom stereocenters. The van der Waals surface area contributed by atoms with E-state index in [0.717, 1.165) is 12.0 Å². The van der Waals surface area contributed by atoms with E-state index in [4.69, 9.17) is 5.73 Å². The van der Waals surface area contributed by atoms with E-state index in [-0.39, 0.29) is 17.6 Å². The third-order valence-electron chi connectivity index (χ3n) is 3.26. The van der Waals surface area contributed by atoms with Crippen molar-refractivity contribution >= 4 is 5.91 Å². The van der Waals surface area contributed by atoms with E-state index in [1.807, 2.05) is 0 Å². The van der Waals surface area contributed by atoms with Crippen LogP contribution in [0.1, 0.15) is 32.3 Å². The zero-order valence-electron chi connectivity index (χ0n) is 12.4. The van der Waals surface area contributed by atoms with E-state index in [1.54, 1.807) is 12.1 Å². The lowest BCUT2D eigenvalue weighted by atomic mass is 9.94. The molecule has 0 aromatic heterocycles. The van der Waals surface area contributed by atoms with Gasteiger partial charge in [-0.2, -0.15) is 0 Å². The molecule has 0 bridgehead atoms. The fourth-order valence-electron chi connectivity index (χ4n) is 2.26. The Hall–Kier alpha value is -1.42. The molecule has 4 heteroatoms. The molecule has 112 valence electrons. The molecule has 1 aromatic carbocycles. The van der Waals surface area contributed by atoms with Crippen LogP contribution in [-0.4, -0.2) is 19.0 Å². The molecular weight excluding hydrogens is 255 g/mol. The number of carbonyl (C=O) groups is 1. The predicted octanol–water partition coefficient (Wildman–Crippen LogP) is 2.50. The van der Waals surface area contributed by atoms with Gasteiger partial charge in [0, 0.05) is 13.0 Å². The van der Waals surface area contributed by atoms with Crippen LogP contribution in [0.25, 0.3) is 0 Å². The van der Waals surface area contributed by atoms with Crippen molar-refractivity contribution in [1.82, 2.24) is 5.32 Å². The first-order valence-electron chi connectivity index (χ1n) is 7.22. The predicted molar refractivity (Wildman–Crippen MR) is 79.7 cm³/mol. The average molecular weight is 280 g/mol. The molecule has 20 heavy (non-hydrogen) atoms. The molecule has 3 nitrogen and oxygen atoms in total. The third kappa shape index (κ3) is 6.66. The Balaban J connectivity index is 2.27. The summed E-state index contributed by atoms with van der Waals surface area (Å²) in [6.45, 7) is 5.39. The monoisotopic (exact) mass is 280 g/mol. The Kier molecular flexibility index (Phi) is 7.23. The molecule has 1 rings (SSSR count). The van der Waals surface area contributed by atoms with Gasteiger partial charge in [-0.25, -0.2) is 4.39 Å². The van der Waals surface area contributed by atoms with Gasteiger partial charge >= 0.3 is 0 Å². The van der Waals surface area contributed by atoms with Crippen LogP contribution in [-0.2, 0) is 11.2 Å². The van der Waals surface area contributed by atoms with Gasteiger partial charge in [-0.1, -0.05) is 26.0 Å². The number of nitrogens with one attached hydrogen (secondary N) is 1. The highest BCUT2D eigenvalue weighted by molar-refractivity contribution is 5.76. The fraction of sp³-hybridized carbons (Fsp3) is 0.562. The van der Waals surface area contributed by atoms with Crippen molar-refractivity contribution < 1.29 is 9.18 Å². The maximum absolute atomic E-state index is 12.7. The van der Waals surface area contributed by atoms with Crippen molar-refractivity contribution in [1.29, 1.82) is 0 Å². The molecule has 0 saturated carbocycles. The SMILES string of the molecule is CC(C)C[C@H](CN)CC(=O)NCCc1ccc(F)cc1. The summed E-state index contributed by atoms with van der Waals surface area (Å²) in [5.74, 6) is 0.608. The Morgan fingerprint density at radius 3 is 2.50 bits per heavy atom. The van der Waals surface area contributed by atoms with Gasteiger partial charge in [0.1, 0.15) is 5.82 Å². The van der Waals surface area contributed by atoms with Crippen LogP contribution < -0.4 is 11.1 Å². The summed E-state index contributed by atoms with van der Waals surface area (Å²) in [4.78, 5) is 11.8.